The largest absolute Gasteiger partial charge is 0.344 e. The molecule has 0 aromatic carbocycles. The maximum absolute atomic E-state index is 10.3. The zero-order valence-electron chi connectivity index (χ0n) is 4.59. The van der Waals surface area contributed by atoms with Crippen molar-refractivity contribution in [2.24, 2.45) is 5.14 Å². The fourth-order valence-electron chi connectivity index (χ4n) is 0.280. The summed E-state index contributed by atoms with van der Waals surface area (Å²) in [6, 6.07) is 0. The van der Waals surface area contributed by atoms with Crippen LogP contribution in [0.5, 0.6) is 0 Å². The van der Waals surface area contributed by atoms with Gasteiger partial charge in [0.25, 0.3) is 10.0 Å². The third kappa shape index (κ3) is 1.94. The molecule has 0 saturated carbocycles. The molecule has 1 rings (SSSR count). The first-order valence-corrected chi connectivity index (χ1v) is 3.45. The molecule has 10 heavy (non-hydrogen) atoms. The van der Waals surface area contributed by atoms with Gasteiger partial charge in [-0.1, -0.05) is 5.10 Å². The number of halogens is 1. The van der Waals surface area contributed by atoms with E-state index in [1.54, 1.807) is 0 Å². The highest BCUT2D eigenvalue weighted by Gasteiger charge is 2.10. The molecule has 0 fully saturated rings. The van der Waals surface area contributed by atoms with Crippen molar-refractivity contribution in [2.75, 3.05) is 0 Å². The summed E-state index contributed by atoms with van der Waals surface area (Å²) < 4.78 is 24.7. The van der Waals surface area contributed by atoms with E-state index in [1.807, 2.05) is 0 Å². The van der Waals surface area contributed by atoms with E-state index >= 15 is 0 Å². The molecule has 0 saturated heterocycles. The average molecular weight is 186 g/mol. The van der Waals surface area contributed by atoms with Crippen molar-refractivity contribution in [3.05, 3.63) is 6.26 Å². The van der Waals surface area contributed by atoms with E-state index in [4.69, 9.17) is 0 Å². The molecular formula is C2H4ClN3O3S. The number of rotatable bonds is 1. The van der Waals surface area contributed by atoms with E-state index in [1.165, 1.54) is 0 Å². The first kappa shape index (κ1) is 9.34. The lowest BCUT2D eigenvalue weighted by atomic mass is 11.0. The summed E-state index contributed by atoms with van der Waals surface area (Å²) in [7, 11) is -3.73. The van der Waals surface area contributed by atoms with Crippen molar-refractivity contribution in [2.45, 2.75) is 5.03 Å². The second-order valence-corrected chi connectivity index (χ2v) is 2.80. The Hall–Kier alpha value is -0.660. The smallest absolute Gasteiger partial charge is 0.260 e. The van der Waals surface area contributed by atoms with Crippen LogP contribution in [0.3, 0.4) is 0 Å². The van der Waals surface area contributed by atoms with Gasteiger partial charge in [-0.05, 0) is 0 Å². The Morgan fingerprint density at radius 2 is 2.20 bits per heavy atom. The Kier molecular flexibility index (Phi) is 2.76. The number of primary sulfonamides is 1. The Labute approximate surface area is 62.8 Å². The van der Waals surface area contributed by atoms with Gasteiger partial charge in [-0.3, -0.25) is 0 Å². The summed E-state index contributed by atoms with van der Waals surface area (Å²) in [5.74, 6) is 0. The molecule has 0 atom stereocenters. The van der Waals surface area contributed by atoms with Gasteiger partial charge in [0.2, 0.25) is 5.03 Å². The number of hydrogen-bond acceptors (Lipinski definition) is 5. The minimum Gasteiger partial charge on any atom is -0.344 e. The van der Waals surface area contributed by atoms with E-state index in [0.29, 0.717) is 0 Å². The van der Waals surface area contributed by atoms with Crippen molar-refractivity contribution < 1.29 is 12.9 Å². The highest BCUT2D eigenvalue weighted by atomic mass is 35.5. The summed E-state index contributed by atoms with van der Waals surface area (Å²) in [6.45, 7) is 0. The van der Waals surface area contributed by atoms with Crippen LogP contribution in [0.15, 0.2) is 15.8 Å². The highest BCUT2D eigenvalue weighted by Crippen LogP contribution is 1.96. The van der Waals surface area contributed by atoms with Crippen molar-refractivity contribution in [3.63, 3.8) is 0 Å². The van der Waals surface area contributed by atoms with Crippen LogP contribution in [0.25, 0.3) is 0 Å². The zero-order chi connectivity index (χ0) is 6.91. The maximum atomic E-state index is 10.3. The summed E-state index contributed by atoms with van der Waals surface area (Å²) in [6.07, 6.45) is 0.856. The molecule has 2 N–H and O–H groups in total. The van der Waals surface area contributed by atoms with Gasteiger partial charge in [0, 0.05) is 5.27 Å². The first-order chi connectivity index (χ1) is 4.11. The minimum absolute atomic E-state index is 0. The van der Waals surface area contributed by atoms with Gasteiger partial charge in [0.05, 0.1) is 0 Å². The molecule has 0 radical (unpaired) electrons. The number of sulfonamides is 1. The molecule has 0 spiro atoms. The Balaban J connectivity index is 0.000000810. The second kappa shape index (κ2) is 2.95. The average Bonchev–Trinajstić information content (AvgIpc) is 2.08. The molecule has 6 nitrogen and oxygen atoms in total. The summed E-state index contributed by atoms with van der Waals surface area (Å²) in [4.78, 5) is 0. The third-order valence-electron chi connectivity index (χ3n) is 0.632. The predicted molar refractivity (Wildman–Crippen MR) is 32.9 cm³/mol. The fraction of sp³-hybridized carbons (Fsp3) is 0. The van der Waals surface area contributed by atoms with E-state index < -0.39 is 10.0 Å². The molecule has 0 unspecified atom stereocenters. The van der Waals surface area contributed by atoms with Gasteiger partial charge >= 0.3 is 0 Å². The topological polar surface area (TPSA) is 99.1 Å². The van der Waals surface area contributed by atoms with Gasteiger partial charge in [-0.2, -0.15) is 0 Å². The molecule has 0 aliphatic carbocycles. The normalized spacial score (nSPS) is 10.5. The molecule has 8 heteroatoms. The maximum Gasteiger partial charge on any atom is 0.260 e. The fourth-order valence-corrected chi connectivity index (χ4v) is 0.604. The monoisotopic (exact) mass is 185 g/mol. The van der Waals surface area contributed by atoms with Crippen LogP contribution in [0, 0.1) is 0 Å². The number of nitrogens with zero attached hydrogens (tertiary/aromatic N) is 2. The van der Waals surface area contributed by atoms with Crippen LogP contribution in [-0.4, -0.2) is 18.8 Å². The van der Waals surface area contributed by atoms with Crippen molar-refractivity contribution in [3.8, 4) is 0 Å². The summed E-state index contributed by atoms with van der Waals surface area (Å²) >= 11 is 0. The van der Waals surface area contributed by atoms with Gasteiger partial charge in [0.1, 0.15) is 0 Å². The van der Waals surface area contributed by atoms with Crippen LogP contribution >= 0.6 is 12.4 Å². The van der Waals surface area contributed by atoms with Crippen LogP contribution in [0.2, 0.25) is 0 Å². The van der Waals surface area contributed by atoms with Gasteiger partial charge in [-0.25, -0.2) is 13.6 Å². The van der Waals surface area contributed by atoms with E-state index in [0.717, 1.165) is 6.26 Å². The lowest BCUT2D eigenvalue weighted by Crippen LogP contribution is -2.12. The molecular weight excluding hydrogens is 182 g/mol. The van der Waals surface area contributed by atoms with Gasteiger partial charge < -0.3 is 4.52 Å². The molecule has 0 aliphatic rings. The zero-order valence-corrected chi connectivity index (χ0v) is 6.22. The van der Waals surface area contributed by atoms with Crippen molar-refractivity contribution in [1.29, 1.82) is 0 Å². The SMILES string of the molecule is Cl.NS(=O)(=O)c1conn1. The predicted octanol–water partition coefficient (Wildman–Crippen LogP) is -0.861. The van der Waals surface area contributed by atoms with Crippen molar-refractivity contribution in [1.82, 2.24) is 10.4 Å². The lowest BCUT2D eigenvalue weighted by Gasteiger charge is -1.82. The lowest BCUT2D eigenvalue weighted by molar-refractivity contribution is 0.392. The number of hydrogen-bond donors (Lipinski definition) is 1. The quantitative estimate of drug-likeness (QED) is 0.614. The summed E-state index contributed by atoms with van der Waals surface area (Å²) in [5.41, 5.74) is 0. The van der Waals surface area contributed by atoms with E-state index in [9.17, 15) is 8.42 Å². The molecule has 0 aliphatic heterocycles. The highest BCUT2D eigenvalue weighted by molar-refractivity contribution is 7.89. The Bertz CT molecular complexity index is 279. The van der Waals surface area contributed by atoms with Crippen LogP contribution in [0.1, 0.15) is 0 Å². The number of nitrogens with two attached hydrogens (primary N) is 1. The van der Waals surface area contributed by atoms with Crippen LogP contribution in [-0.2, 0) is 10.0 Å². The molecule has 1 heterocycles. The Morgan fingerprint density at radius 3 is 2.40 bits per heavy atom. The molecule has 0 amide bonds. The van der Waals surface area contributed by atoms with Crippen LogP contribution in [0.4, 0.5) is 0 Å². The second-order valence-electron chi connectivity index (χ2n) is 1.29. The first-order valence-electron chi connectivity index (χ1n) is 1.90. The standard InChI is InChI=1S/C2H3N3O3S.ClH/c3-9(6,7)2-1-8-5-4-2;/h1H,(H2,3,6,7);1H. The number of aromatic nitrogens is 2. The van der Waals surface area contributed by atoms with E-state index in [2.05, 4.69) is 20.0 Å². The third-order valence-corrected chi connectivity index (χ3v) is 1.39. The van der Waals surface area contributed by atoms with Gasteiger partial charge in [0.15, 0.2) is 6.26 Å². The van der Waals surface area contributed by atoms with Crippen LogP contribution < -0.4 is 5.14 Å². The molecule has 58 valence electrons. The molecule has 0 bridgehead atoms. The summed E-state index contributed by atoms with van der Waals surface area (Å²) in [5, 5.41) is 10.2. The van der Waals surface area contributed by atoms with Crippen molar-refractivity contribution >= 4 is 22.4 Å². The minimum atomic E-state index is -3.73. The van der Waals surface area contributed by atoms with E-state index in [-0.39, 0.29) is 17.4 Å². The molecule has 1 aromatic rings. The molecule has 1 aromatic heterocycles. The van der Waals surface area contributed by atoms with Gasteiger partial charge in [-0.15, -0.1) is 12.4 Å². The Morgan fingerprint density at radius 1 is 1.60 bits per heavy atom.